The van der Waals surface area contributed by atoms with Crippen molar-refractivity contribution in [2.75, 3.05) is 6.61 Å². The summed E-state index contributed by atoms with van der Waals surface area (Å²) in [5, 5.41) is 20.3. The van der Waals surface area contributed by atoms with E-state index in [-0.39, 0.29) is 6.61 Å². The minimum atomic E-state index is -1.17. The Bertz CT molecular complexity index is 901. The van der Waals surface area contributed by atoms with Crippen LogP contribution in [0.4, 0.5) is 0 Å². The molecule has 0 saturated carbocycles. The number of morpholine rings is 1. The number of ether oxygens (including phenoxy) is 1. The third-order valence-electron chi connectivity index (χ3n) is 5.25. The van der Waals surface area contributed by atoms with E-state index in [1.54, 1.807) is 47.4 Å². The zero-order valence-electron chi connectivity index (χ0n) is 16.4. The van der Waals surface area contributed by atoms with Gasteiger partial charge in [-0.25, -0.2) is 0 Å². The van der Waals surface area contributed by atoms with Crippen LogP contribution in [0.3, 0.4) is 0 Å². The minimum Gasteiger partial charge on any atom is -0.481 e. The molecule has 0 spiro atoms. The average molecular weight is 452 g/mol. The van der Waals surface area contributed by atoms with Gasteiger partial charge in [-0.15, -0.1) is 0 Å². The van der Waals surface area contributed by atoms with E-state index in [4.69, 9.17) is 27.9 Å². The Labute approximate surface area is 185 Å². The number of carbonyl (C=O) groups is 2. The van der Waals surface area contributed by atoms with Crippen LogP contribution in [0.25, 0.3) is 0 Å². The summed E-state index contributed by atoms with van der Waals surface area (Å²) in [6.45, 7) is 1.61. The summed E-state index contributed by atoms with van der Waals surface area (Å²) in [6, 6.07) is 13.0. The lowest BCUT2D eigenvalue weighted by Crippen LogP contribution is -2.56. The van der Waals surface area contributed by atoms with Gasteiger partial charge < -0.3 is 19.8 Å². The molecule has 1 fully saturated rings. The van der Waals surface area contributed by atoms with Crippen molar-refractivity contribution < 1.29 is 24.5 Å². The number of carboxylic acids is 1. The standard InChI is InChI=1S/C22H23Cl2NO5/c1-2-17(12-26)25-20(13-6-8-15(23)9-7-13)21(14-4-3-5-16(24)10-14)30-18(22(25)29)11-19(27)28/h3-10,17-18,20-21,26H,2,11-12H2,1H3,(H,27,28)/t17-,18-,20?,21-/m0/s1. The summed E-state index contributed by atoms with van der Waals surface area (Å²) in [5.41, 5.74) is 1.47. The highest BCUT2D eigenvalue weighted by molar-refractivity contribution is 6.30. The van der Waals surface area contributed by atoms with Crippen molar-refractivity contribution >= 4 is 35.1 Å². The van der Waals surface area contributed by atoms with Gasteiger partial charge in [-0.1, -0.05) is 54.4 Å². The average Bonchev–Trinajstić information content (AvgIpc) is 2.71. The molecule has 8 heteroatoms. The van der Waals surface area contributed by atoms with Crippen molar-refractivity contribution in [3.63, 3.8) is 0 Å². The minimum absolute atomic E-state index is 0.256. The second-order valence-electron chi connectivity index (χ2n) is 7.18. The summed E-state index contributed by atoms with van der Waals surface area (Å²) in [5.74, 6) is -1.60. The van der Waals surface area contributed by atoms with E-state index in [1.165, 1.54) is 0 Å². The molecular formula is C22H23Cl2NO5. The fourth-order valence-electron chi connectivity index (χ4n) is 3.81. The first-order valence-corrected chi connectivity index (χ1v) is 10.4. The first-order valence-electron chi connectivity index (χ1n) is 9.66. The molecule has 1 amide bonds. The molecule has 0 radical (unpaired) electrons. The van der Waals surface area contributed by atoms with Gasteiger partial charge in [0.05, 0.1) is 25.1 Å². The van der Waals surface area contributed by atoms with Crippen molar-refractivity contribution in [2.45, 2.75) is 44.1 Å². The molecule has 1 aliphatic rings. The molecule has 2 aromatic rings. The van der Waals surface area contributed by atoms with Gasteiger partial charge in [0.1, 0.15) is 12.2 Å². The van der Waals surface area contributed by atoms with E-state index in [0.717, 1.165) is 5.56 Å². The summed E-state index contributed by atoms with van der Waals surface area (Å²) in [7, 11) is 0. The highest BCUT2D eigenvalue weighted by atomic mass is 35.5. The molecule has 2 N–H and O–H groups in total. The van der Waals surface area contributed by atoms with Crippen LogP contribution in [0, 0.1) is 0 Å². The molecule has 6 nitrogen and oxygen atoms in total. The maximum Gasteiger partial charge on any atom is 0.306 e. The number of aliphatic carboxylic acids is 1. The number of benzene rings is 2. The fourth-order valence-corrected chi connectivity index (χ4v) is 4.14. The van der Waals surface area contributed by atoms with Crippen LogP contribution in [-0.2, 0) is 14.3 Å². The van der Waals surface area contributed by atoms with Crippen LogP contribution in [0.1, 0.15) is 43.0 Å². The van der Waals surface area contributed by atoms with Gasteiger partial charge in [0.15, 0.2) is 0 Å². The quantitative estimate of drug-likeness (QED) is 0.656. The lowest BCUT2D eigenvalue weighted by molar-refractivity contribution is -0.184. The van der Waals surface area contributed by atoms with E-state index in [1.807, 2.05) is 13.0 Å². The van der Waals surface area contributed by atoms with Gasteiger partial charge in [-0.05, 0) is 41.8 Å². The van der Waals surface area contributed by atoms with E-state index in [2.05, 4.69) is 0 Å². The molecule has 0 bridgehead atoms. The molecule has 2 aromatic carbocycles. The van der Waals surface area contributed by atoms with Crippen LogP contribution in [0.15, 0.2) is 48.5 Å². The molecular weight excluding hydrogens is 429 g/mol. The number of hydrogen-bond donors (Lipinski definition) is 2. The van der Waals surface area contributed by atoms with Crippen LogP contribution >= 0.6 is 23.2 Å². The smallest absolute Gasteiger partial charge is 0.306 e. The SMILES string of the molecule is CC[C@@H](CO)N1C(=O)[C@H](CC(=O)O)O[C@@H](c2cccc(Cl)c2)C1c1ccc(Cl)cc1. The summed E-state index contributed by atoms with van der Waals surface area (Å²) < 4.78 is 6.07. The molecule has 160 valence electrons. The topological polar surface area (TPSA) is 87.1 Å². The van der Waals surface area contributed by atoms with Gasteiger partial charge >= 0.3 is 5.97 Å². The summed E-state index contributed by atoms with van der Waals surface area (Å²) >= 11 is 12.2. The second-order valence-corrected chi connectivity index (χ2v) is 8.06. The lowest BCUT2D eigenvalue weighted by atomic mass is 9.89. The highest BCUT2D eigenvalue weighted by Crippen LogP contribution is 2.44. The largest absolute Gasteiger partial charge is 0.481 e. The first kappa shape index (κ1) is 22.6. The molecule has 0 aromatic heterocycles. The predicted octanol–water partition coefficient (Wildman–Crippen LogP) is 4.25. The predicted molar refractivity (Wildman–Crippen MR) is 114 cm³/mol. The Morgan fingerprint density at radius 1 is 1.13 bits per heavy atom. The van der Waals surface area contributed by atoms with Crippen LogP contribution < -0.4 is 0 Å². The number of carboxylic acid groups (broad SMARTS) is 1. The van der Waals surface area contributed by atoms with Crippen LogP contribution in [0.2, 0.25) is 10.0 Å². The molecule has 1 heterocycles. The highest BCUT2D eigenvalue weighted by Gasteiger charge is 2.46. The van der Waals surface area contributed by atoms with Crippen molar-refractivity contribution in [1.29, 1.82) is 0 Å². The number of rotatable bonds is 7. The summed E-state index contributed by atoms with van der Waals surface area (Å²) in [6.07, 6.45) is -1.82. The zero-order chi connectivity index (χ0) is 21.8. The first-order chi connectivity index (χ1) is 14.3. The van der Waals surface area contributed by atoms with Gasteiger partial charge in [0.25, 0.3) is 5.91 Å². The Morgan fingerprint density at radius 2 is 1.83 bits per heavy atom. The molecule has 1 unspecified atom stereocenters. The maximum atomic E-state index is 13.3. The Morgan fingerprint density at radius 3 is 2.40 bits per heavy atom. The zero-order valence-corrected chi connectivity index (χ0v) is 17.9. The van der Waals surface area contributed by atoms with Gasteiger partial charge in [0, 0.05) is 10.0 Å². The Balaban J connectivity index is 2.16. The normalized spacial score (nSPS) is 22.7. The molecule has 4 atom stereocenters. The lowest BCUT2D eigenvalue weighted by Gasteiger charge is -2.47. The van der Waals surface area contributed by atoms with Gasteiger partial charge in [-0.2, -0.15) is 0 Å². The number of nitrogens with zero attached hydrogens (tertiary/aromatic N) is 1. The fraction of sp³-hybridized carbons (Fsp3) is 0.364. The third-order valence-corrected chi connectivity index (χ3v) is 5.74. The Hall–Kier alpha value is -2.12. The number of halogens is 2. The van der Waals surface area contributed by atoms with E-state index in [0.29, 0.717) is 22.0 Å². The molecule has 3 rings (SSSR count). The number of amides is 1. The number of hydrogen-bond acceptors (Lipinski definition) is 4. The van der Waals surface area contributed by atoms with Gasteiger partial charge in [0.2, 0.25) is 0 Å². The van der Waals surface area contributed by atoms with Crippen LogP contribution in [0.5, 0.6) is 0 Å². The molecule has 30 heavy (non-hydrogen) atoms. The van der Waals surface area contributed by atoms with Crippen molar-refractivity contribution in [1.82, 2.24) is 4.90 Å². The van der Waals surface area contributed by atoms with Crippen molar-refractivity contribution in [3.8, 4) is 0 Å². The third kappa shape index (κ3) is 4.78. The number of aliphatic hydroxyl groups excluding tert-OH is 1. The maximum absolute atomic E-state index is 13.3. The molecule has 0 aliphatic carbocycles. The Kier molecular flexibility index (Phi) is 7.36. The van der Waals surface area contributed by atoms with E-state index >= 15 is 0 Å². The molecule has 1 aliphatic heterocycles. The van der Waals surface area contributed by atoms with Crippen molar-refractivity contribution in [3.05, 3.63) is 69.7 Å². The molecule has 1 saturated heterocycles. The number of aliphatic hydroxyl groups is 1. The van der Waals surface area contributed by atoms with Crippen LogP contribution in [-0.4, -0.2) is 45.7 Å². The second kappa shape index (κ2) is 9.79. The number of carbonyl (C=O) groups excluding carboxylic acids is 1. The monoisotopic (exact) mass is 451 g/mol. The summed E-state index contributed by atoms with van der Waals surface area (Å²) in [4.78, 5) is 26.2. The van der Waals surface area contributed by atoms with E-state index in [9.17, 15) is 19.8 Å². The van der Waals surface area contributed by atoms with E-state index < -0.39 is 42.6 Å². The van der Waals surface area contributed by atoms with Gasteiger partial charge in [-0.3, -0.25) is 9.59 Å². The van der Waals surface area contributed by atoms with Crippen molar-refractivity contribution in [2.24, 2.45) is 0 Å².